The molecule has 1 aromatic rings. The van der Waals surface area contributed by atoms with Gasteiger partial charge in [-0.15, -0.1) is 0 Å². The predicted octanol–water partition coefficient (Wildman–Crippen LogP) is 3.13. The Morgan fingerprint density at radius 3 is 2.41 bits per heavy atom. The molecule has 0 aliphatic rings. The van der Waals surface area contributed by atoms with Crippen LogP contribution in [0.4, 0.5) is 5.69 Å². The van der Waals surface area contributed by atoms with E-state index < -0.39 is 5.41 Å². The first-order valence-corrected chi connectivity index (χ1v) is 5.81. The third kappa shape index (κ3) is 3.60. The quantitative estimate of drug-likeness (QED) is 0.864. The summed E-state index contributed by atoms with van der Waals surface area (Å²) < 4.78 is 0. The molecule has 0 fully saturated rings. The minimum atomic E-state index is -0.998. The molecule has 1 aromatic carbocycles. The molecule has 0 unspecified atom stereocenters. The molecule has 1 N–H and O–H groups in total. The van der Waals surface area contributed by atoms with Gasteiger partial charge in [-0.25, -0.2) is 0 Å². The molecule has 0 saturated carbocycles. The summed E-state index contributed by atoms with van der Waals surface area (Å²) in [6.07, 6.45) is 2.14. The van der Waals surface area contributed by atoms with Gasteiger partial charge in [-0.05, 0) is 38.0 Å². The van der Waals surface area contributed by atoms with Crippen LogP contribution in [0.15, 0.2) is 24.3 Å². The first-order chi connectivity index (χ1) is 7.99. The monoisotopic (exact) mass is 230 g/mol. The van der Waals surface area contributed by atoms with Crippen molar-refractivity contribution in [3.05, 3.63) is 29.8 Å². The third-order valence-corrected chi connectivity index (χ3v) is 2.60. The van der Waals surface area contributed by atoms with Gasteiger partial charge in [-0.2, -0.15) is 5.26 Å². The second kappa shape index (κ2) is 5.49. The van der Waals surface area contributed by atoms with Crippen LogP contribution in [0.5, 0.6) is 0 Å². The molecule has 0 heterocycles. The molecule has 3 nitrogen and oxygen atoms in total. The molecule has 1 amide bonds. The lowest BCUT2D eigenvalue weighted by molar-refractivity contribution is -0.121. The van der Waals surface area contributed by atoms with E-state index in [1.54, 1.807) is 13.8 Å². The Kier molecular flexibility index (Phi) is 4.28. The maximum atomic E-state index is 11.7. The number of nitriles is 1. The Balaban J connectivity index is 2.70. The fraction of sp³-hybridized carbons (Fsp3) is 0.429. The molecule has 1 rings (SSSR count). The number of aryl methyl sites for hydroxylation is 1. The molecular weight excluding hydrogens is 212 g/mol. The van der Waals surface area contributed by atoms with Gasteiger partial charge in [0.15, 0.2) is 0 Å². The molecule has 90 valence electrons. The second-order valence-corrected chi connectivity index (χ2v) is 4.64. The van der Waals surface area contributed by atoms with Gasteiger partial charge < -0.3 is 5.32 Å². The van der Waals surface area contributed by atoms with Crippen molar-refractivity contribution in [2.75, 3.05) is 5.32 Å². The highest BCUT2D eigenvalue weighted by molar-refractivity contribution is 5.96. The van der Waals surface area contributed by atoms with Crippen LogP contribution in [0, 0.1) is 16.7 Å². The largest absolute Gasteiger partial charge is 0.325 e. The maximum Gasteiger partial charge on any atom is 0.244 e. The van der Waals surface area contributed by atoms with Crippen molar-refractivity contribution in [3.8, 4) is 6.07 Å². The Hall–Kier alpha value is -1.82. The molecule has 17 heavy (non-hydrogen) atoms. The Morgan fingerprint density at radius 2 is 1.94 bits per heavy atom. The van der Waals surface area contributed by atoms with E-state index in [-0.39, 0.29) is 5.91 Å². The fourth-order valence-electron chi connectivity index (χ4n) is 1.38. The van der Waals surface area contributed by atoms with E-state index in [2.05, 4.69) is 12.2 Å². The minimum Gasteiger partial charge on any atom is -0.325 e. The number of carbonyl (C=O) groups excluding carboxylic acids is 1. The molecule has 0 aromatic heterocycles. The van der Waals surface area contributed by atoms with Gasteiger partial charge in [0.05, 0.1) is 6.07 Å². The van der Waals surface area contributed by atoms with E-state index in [0.29, 0.717) is 0 Å². The van der Waals surface area contributed by atoms with E-state index >= 15 is 0 Å². The van der Waals surface area contributed by atoms with Crippen LogP contribution >= 0.6 is 0 Å². The molecule has 0 spiro atoms. The number of rotatable bonds is 4. The number of benzene rings is 1. The zero-order valence-electron chi connectivity index (χ0n) is 10.6. The third-order valence-electron chi connectivity index (χ3n) is 2.60. The van der Waals surface area contributed by atoms with Gasteiger partial charge in [0.1, 0.15) is 5.41 Å². The van der Waals surface area contributed by atoms with Crippen molar-refractivity contribution in [1.29, 1.82) is 5.26 Å². The van der Waals surface area contributed by atoms with Gasteiger partial charge in [0, 0.05) is 5.69 Å². The second-order valence-electron chi connectivity index (χ2n) is 4.64. The number of hydrogen-bond acceptors (Lipinski definition) is 2. The van der Waals surface area contributed by atoms with Gasteiger partial charge in [0.25, 0.3) is 0 Å². The molecule has 3 heteroatoms. The van der Waals surface area contributed by atoms with Gasteiger partial charge in [0.2, 0.25) is 5.91 Å². The van der Waals surface area contributed by atoms with Crippen molar-refractivity contribution in [1.82, 2.24) is 0 Å². The van der Waals surface area contributed by atoms with E-state index in [1.165, 1.54) is 5.56 Å². The van der Waals surface area contributed by atoms with Crippen LogP contribution < -0.4 is 5.32 Å². The topological polar surface area (TPSA) is 52.9 Å². The number of nitrogens with one attached hydrogen (secondary N) is 1. The van der Waals surface area contributed by atoms with E-state index in [1.807, 2.05) is 30.3 Å². The highest BCUT2D eigenvalue weighted by atomic mass is 16.2. The minimum absolute atomic E-state index is 0.275. The van der Waals surface area contributed by atoms with Gasteiger partial charge in [-0.3, -0.25) is 4.79 Å². The lowest BCUT2D eigenvalue weighted by Gasteiger charge is -2.15. The van der Waals surface area contributed by atoms with Crippen LogP contribution in [0.3, 0.4) is 0 Å². The lowest BCUT2D eigenvalue weighted by atomic mass is 9.94. The highest BCUT2D eigenvalue weighted by Gasteiger charge is 2.27. The van der Waals surface area contributed by atoms with Gasteiger partial charge in [-0.1, -0.05) is 25.5 Å². The summed E-state index contributed by atoms with van der Waals surface area (Å²) in [5, 5.41) is 11.6. The van der Waals surface area contributed by atoms with Crippen molar-refractivity contribution >= 4 is 11.6 Å². The molecule has 0 radical (unpaired) electrons. The maximum absolute atomic E-state index is 11.7. The van der Waals surface area contributed by atoms with Crippen molar-refractivity contribution in [2.45, 2.75) is 33.6 Å². The van der Waals surface area contributed by atoms with Crippen LogP contribution in [0.25, 0.3) is 0 Å². The Bertz CT molecular complexity index is 427. The summed E-state index contributed by atoms with van der Waals surface area (Å²) in [5.41, 5.74) is 0.991. The Morgan fingerprint density at radius 1 is 1.35 bits per heavy atom. The molecular formula is C14H18N2O. The Labute approximate surface area is 102 Å². The lowest BCUT2D eigenvalue weighted by Crippen LogP contribution is -2.29. The highest BCUT2D eigenvalue weighted by Crippen LogP contribution is 2.18. The van der Waals surface area contributed by atoms with Crippen LogP contribution in [-0.2, 0) is 11.2 Å². The zero-order chi connectivity index (χ0) is 12.9. The number of nitrogens with zero attached hydrogens (tertiary/aromatic N) is 1. The average molecular weight is 230 g/mol. The van der Waals surface area contributed by atoms with Crippen LogP contribution in [0.2, 0.25) is 0 Å². The fourth-order valence-corrected chi connectivity index (χ4v) is 1.38. The van der Waals surface area contributed by atoms with Crippen molar-refractivity contribution < 1.29 is 4.79 Å². The van der Waals surface area contributed by atoms with E-state index in [0.717, 1.165) is 18.5 Å². The zero-order valence-corrected chi connectivity index (χ0v) is 10.6. The molecule has 0 bridgehead atoms. The summed E-state index contributed by atoms with van der Waals surface area (Å²) in [5.74, 6) is -0.275. The summed E-state index contributed by atoms with van der Waals surface area (Å²) in [4.78, 5) is 11.7. The summed E-state index contributed by atoms with van der Waals surface area (Å²) in [6.45, 7) is 5.34. The summed E-state index contributed by atoms with van der Waals surface area (Å²) in [7, 11) is 0. The predicted molar refractivity (Wildman–Crippen MR) is 68.5 cm³/mol. The summed E-state index contributed by atoms with van der Waals surface area (Å²) in [6, 6.07) is 9.72. The van der Waals surface area contributed by atoms with Crippen molar-refractivity contribution in [3.63, 3.8) is 0 Å². The van der Waals surface area contributed by atoms with E-state index in [9.17, 15) is 4.79 Å². The number of anilines is 1. The average Bonchev–Trinajstić information content (AvgIpc) is 2.32. The number of hydrogen-bond donors (Lipinski definition) is 1. The number of amides is 1. The standard InChI is InChI=1S/C14H18N2O/c1-4-5-11-6-8-12(9-7-11)16-13(17)14(2,3)10-15/h6-9H,4-5H2,1-3H3,(H,16,17). The first-order valence-electron chi connectivity index (χ1n) is 5.81. The number of carbonyl (C=O) groups is 1. The SMILES string of the molecule is CCCc1ccc(NC(=O)C(C)(C)C#N)cc1. The molecule has 0 saturated heterocycles. The molecule has 0 atom stereocenters. The van der Waals surface area contributed by atoms with Crippen molar-refractivity contribution in [2.24, 2.45) is 5.41 Å². The molecule has 0 aliphatic carbocycles. The van der Waals surface area contributed by atoms with Crippen LogP contribution in [0.1, 0.15) is 32.8 Å². The first kappa shape index (κ1) is 13.2. The summed E-state index contributed by atoms with van der Waals surface area (Å²) >= 11 is 0. The molecule has 0 aliphatic heterocycles. The van der Waals surface area contributed by atoms with E-state index in [4.69, 9.17) is 5.26 Å². The van der Waals surface area contributed by atoms with Gasteiger partial charge >= 0.3 is 0 Å². The van der Waals surface area contributed by atoms with Crippen LogP contribution in [-0.4, -0.2) is 5.91 Å². The normalized spacial score (nSPS) is 10.7. The smallest absolute Gasteiger partial charge is 0.244 e.